The summed E-state index contributed by atoms with van der Waals surface area (Å²) in [7, 11) is -3.74. The van der Waals surface area contributed by atoms with Gasteiger partial charge < -0.3 is 9.47 Å². The molecule has 30 heavy (non-hydrogen) atoms. The van der Waals surface area contributed by atoms with Crippen molar-refractivity contribution in [3.05, 3.63) is 57.6 Å². The van der Waals surface area contributed by atoms with Crippen LogP contribution in [0.4, 0.5) is 0 Å². The molecule has 2 aromatic carbocycles. The summed E-state index contributed by atoms with van der Waals surface area (Å²) in [5, 5.41) is 1.09. The Bertz CT molecular complexity index is 1200. The Labute approximate surface area is 183 Å². The van der Waals surface area contributed by atoms with Crippen molar-refractivity contribution in [2.75, 3.05) is 26.3 Å². The zero-order chi connectivity index (χ0) is 21.3. The van der Waals surface area contributed by atoms with Crippen LogP contribution in [0, 0.1) is 6.92 Å². The molecule has 0 bridgehead atoms. The smallest absolute Gasteiger partial charge is 0.340 e. The molecule has 3 aromatic rings. The number of rotatable bonds is 5. The fourth-order valence-corrected chi connectivity index (χ4v) is 5.60. The number of ether oxygens (including phenoxy) is 2. The lowest BCUT2D eigenvalue weighted by atomic mass is 10.2. The molecule has 1 aromatic heterocycles. The first-order valence-electron chi connectivity index (χ1n) is 9.25. The van der Waals surface area contributed by atoms with Gasteiger partial charge in [-0.15, -0.1) is 11.3 Å². The minimum Gasteiger partial charge on any atom is -0.457 e. The van der Waals surface area contributed by atoms with E-state index < -0.39 is 16.0 Å². The third kappa shape index (κ3) is 4.35. The molecule has 4 rings (SSSR count). The summed E-state index contributed by atoms with van der Waals surface area (Å²) >= 11 is 7.75. The standard InChI is InChI=1S/C20H19ClN2O5S2/c1-13-22-18-10-14(2-5-19(18)29-13)12-28-20(24)16-11-15(3-4-17(16)21)30(25,26)23-6-8-27-9-7-23/h2-5,10-11H,6-9,12H2,1H3. The van der Waals surface area contributed by atoms with Crippen molar-refractivity contribution in [2.45, 2.75) is 18.4 Å². The van der Waals surface area contributed by atoms with Gasteiger partial charge in [-0.05, 0) is 42.8 Å². The number of aromatic nitrogens is 1. The zero-order valence-corrected chi connectivity index (χ0v) is 18.5. The second-order valence-corrected chi connectivity index (χ2v) is 10.3. The molecule has 7 nitrogen and oxygen atoms in total. The molecule has 158 valence electrons. The molecule has 0 radical (unpaired) electrons. The van der Waals surface area contributed by atoms with Crippen LogP contribution in [0.3, 0.4) is 0 Å². The highest BCUT2D eigenvalue weighted by atomic mass is 35.5. The minimum absolute atomic E-state index is 0.000109. The highest BCUT2D eigenvalue weighted by Crippen LogP contribution is 2.26. The maximum atomic E-state index is 12.8. The van der Waals surface area contributed by atoms with E-state index in [1.165, 1.54) is 22.5 Å². The van der Waals surface area contributed by atoms with Crippen LogP contribution in [0.15, 0.2) is 41.3 Å². The Morgan fingerprint density at radius 1 is 1.23 bits per heavy atom. The third-order valence-corrected chi connectivity index (χ3v) is 7.87. The fourth-order valence-electron chi connectivity index (χ4n) is 3.16. The van der Waals surface area contributed by atoms with E-state index in [2.05, 4.69) is 4.98 Å². The van der Waals surface area contributed by atoms with Gasteiger partial charge in [-0.25, -0.2) is 18.2 Å². The van der Waals surface area contributed by atoms with Gasteiger partial charge in [0.1, 0.15) is 6.61 Å². The first-order valence-corrected chi connectivity index (χ1v) is 11.9. The van der Waals surface area contributed by atoms with Crippen molar-refractivity contribution in [3.8, 4) is 0 Å². The molecule has 0 spiro atoms. The lowest BCUT2D eigenvalue weighted by Gasteiger charge is -2.26. The van der Waals surface area contributed by atoms with Crippen molar-refractivity contribution in [1.82, 2.24) is 9.29 Å². The average molecular weight is 467 g/mol. The zero-order valence-electron chi connectivity index (χ0n) is 16.1. The highest BCUT2D eigenvalue weighted by Gasteiger charge is 2.28. The number of fused-ring (bicyclic) bond motifs is 1. The van der Waals surface area contributed by atoms with Crippen molar-refractivity contribution < 1.29 is 22.7 Å². The van der Waals surface area contributed by atoms with Gasteiger partial charge in [0.2, 0.25) is 10.0 Å². The van der Waals surface area contributed by atoms with Crippen molar-refractivity contribution >= 4 is 49.1 Å². The van der Waals surface area contributed by atoms with E-state index in [1.807, 2.05) is 25.1 Å². The summed E-state index contributed by atoms with van der Waals surface area (Å²) in [4.78, 5) is 17.0. The predicted molar refractivity (Wildman–Crippen MR) is 115 cm³/mol. The quantitative estimate of drug-likeness (QED) is 0.534. The maximum Gasteiger partial charge on any atom is 0.340 e. The van der Waals surface area contributed by atoms with Crippen molar-refractivity contribution in [3.63, 3.8) is 0 Å². The molecule has 1 saturated heterocycles. The molecule has 0 aliphatic carbocycles. The normalized spacial score (nSPS) is 15.4. The summed E-state index contributed by atoms with van der Waals surface area (Å²) < 4.78 is 38.7. The predicted octanol–water partition coefficient (Wildman–Crippen LogP) is 3.64. The van der Waals surface area contributed by atoms with Gasteiger partial charge in [0.15, 0.2) is 0 Å². The molecular weight excluding hydrogens is 448 g/mol. The van der Waals surface area contributed by atoms with Crippen molar-refractivity contribution in [2.24, 2.45) is 0 Å². The number of sulfonamides is 1. The summed E-state index contributed by atoms with van der Waals surface area (Å²) in [5.74, 6) is -0.686. The molecule has 0 amide bonds. The lowest BCUT2D eigenvalue weighted by molar-refractivity contribution is 0.0472. The molecule has 10 heteroatoms. The van der Waals surface area contributed by atoms with Crippen LogP contribution in [0.2, 0.25) is 5.02 Å². The largest absolute Gasteiger partial charge is 0.457 e. The number of carbonyl (C=O) groups excluding carboxylic acids is 1. The van der Waals surface area contributed by atoms with Gasteiger partial charge in [-0.3, -0.25) is 0 Å². The Morgan fingerprint density at radius 3 is 2.77 bits per heavy atom. The second kappa shape index (κ2) is 8.60. The van der Waals surface area contributed by atoms with E-state index in [1.54, 1.807) is 11.3 Å². The number of halogens is 1. The number of esters is 1. The van der Waals surface area contributed by atoms with Gasteiger partial charge in [0, 0.05) is 13.1 Å². The first kappa shape index (κ1) is 21.2. The van der Waals surface area contributed by atoms with Gasteiger partial charge in [-0.2, -0.15) is 4.31 Å². The Balaban J connectivity index is 1.52. The van der Waals surface area contributed by atoms with E-state index >= 15 is 0 Å². The molecule has 0 saturated carbocycles. The van der Waals surface area contributed by atoms with Gasteiger partial charge in [0.05, 0.1) is 43.9 Å². The van der Waals surface area contributed by atoms with Crippen molar-refractivity contribution in [1.29, 1.82) is 0 Å². The fraction of sp³-hybridized carbons (Fsp3) is 0.300. The van der Waals surface area contributed by atoms with E-state index in [9.17, 15) is 13.2 Å². The summed E-state index contributed by atoms with van der Waals surface area (Å²) in [6.07, 6.45) is 0. The molecule has 0 atom stereocenters. The number of carbonyl (C=O) groups is 1. The molecule has 1 aliphatic heterocycles. The lowest BCUT2D eigenvalue weighted by Crippen LogP contribution is -2.40. The number of morpholine rings is 1. The van der Waals surface area contributed by atoms with E-state index in [-0.39, 0.29) is 35.2 Å². The Hall–Kier alpha value is -2.04. The number of benzene rings is 2. The molecule has 1 aliphatic rings. The first-order chi connectivity index (χ1) is 14.3. The van der Waals surface area contributed by atoms with Gasteiger partial charge >= 0.3 is 5.97 Å². The molecule has 1 fully saturated rings. The number of hydrogen-bond donors (Lipinski definition) is 0. The van der Waals surface area contributed by atoms with Crippen LogP contribution in [0.1, 0.15) is 20.9 Å². The number of thiazole rings is 1. The van der Waals surface area contributed by atoms with E-state index in [0.29, 0.717) is 13.2 Å². The van der Waals surface area contributed by atoms with Gasteiger partial charge in [0.25, 0.3) is 0 Å². The minimum atomic E-state index is -3.74. The van der Waals surface area contributed by atoms with Crippen LogP contribution in [0.25, 0.3) is 10.2 Å². The van der Waals surface area contributed by atoms with Crippen LogP contribution in [-0.2, 0) is 26.1 Å². The number of hydrogen-bond acceptors (Lipinski definition) is 7. The molecular formula is C20H19ClN2O5S2. The summed E-state index contributed by atoms with van der Waals surface area (Å²) in [6, 6.07) is 9.73. The van der Waals surface area contributed by atoms with E-state index in [0.717, 1.165) is 20.8 Å². The van der Waals surface area contributed by atoms with E-state index in [4.69, 9.17) is 21.1 Å². The summed E-state index contributed by atoms with van der Waals surface area (Å²) in [6.45, 7) is 3.17. The van der Waals surface area contributed by atoms with Gasteiger partial charge in [-0.1, -0.05) is 17.7 Å². The average Bonchev–Trinajstić information content (AvgIpc) is 3.12. The monoisotopic (exact) mass is 466 g/mol. The van der Waals surface area contributed by atoms with Crippen LogP contribution < -0.4 is 0 Å². The Kier molecular flexibility index (Phi) is 6.08. The van der Waals surface area contributed by atoms with Crippen LogP contribution in [-0.4, -0.2) is 50.0 Å². The van der Waals surface area contributed by atoms with Crippen LogP contribution in [0.5, 0.6) is 0 Å². The Morgan fingerprint density at radius 2 is 2.00 bits per heavy atom. The molecule has 2 heterocycles. The third-order valence-electron chi connectivity index (χ3n) is 4.69. The molecule has 0 N–H and O–H groups in total. The highest BCUT2D eigenvalue weighted by molar-refractivity contribution is 7.89. The number of aryl methyl sites for hydroxylation is 1. The number of nitrogens with zero attached hydrogens (tertiary/aromatic N) is 2. The maximum absolute atomic E-state index is 12.8. The SMILES string of the molecule is Cc1nc2cc(COC(=O)c3cc(S(=O)(=O)N4CCOCC4)ccc3Cl)ccc2s1. The van der Waals surface area contributed by atoms with Crippen LogP contribution >= 0.6 is 22.9 Å². The molecule has 0 unspecified atom stereocenters. The summed E-state index contributed by atoms with van der Waals surface area (Å²) in [5.41, 5.74) is 1.65. The second-order valence-electron chi connectivity index (χ2n) is 6.77. The topological polar surface area (TPSA) is 85.8 Å².